The second-order valence-corrected chi connectivity index (χ2v) is 3.61. The van der Waals surface area contributed by atoms with Gasteiger partial charge in [-0.05, 0) is 25.1 Å². The predicted molar refractivity (Wildman–Crippen MR) is 66.7 cm³/mol. The molecule has 0 bridgehead atoms. The van der Waals surface area contributed by atoms with Gasteiger partial charge in [0, 0.05) is 18.9 Å². The molecule has 0 aliphatic rings. The van der Waals surface area contributed by atoms with Crippen LogP contribution in [0.3, 0.4) is 0 Å². The summed E-state index contributed by atoms with van der Waals surface area (Å²) >= 11 is 0. The molecule has 0 radical (unpaired) electrons. The summed E-state index contributed by atoms with van der Waals surface area (Å²) in [5.74, 6) is 0.321. The summed E-state index contributed by atoms with van der Waals surface area (Å²) in [5, 5.41) is 2.72. The van der Waals surface area contributed by atoms with Crippen molar-refractivity contribution in [2.24, 2.45) is 0 Å². The number of amides is 1. The van der Waals surface area contributed by atoms with E-state index in [1.54, 1.807) is 35.2 Å². The number of aromatic nitrogens is 2. The van der Waals surface area contributed by atoms with E-state index >= 15 is 0 Å². The molecule has 0 aromatic carbocycles. The number of nitrogen functional groups attached to an aromatic ring is 1. The number of nitrogens with zero attached hydrogens (tertiary/aromatic N) is 2. The first-order valence-electron chi connectivity index (χ1n) is 5.38. The molecule has 0 saturated heterocycles. The van der Waals surface area contributed by atoms with Crippen molar-refractivity contribution in [1.29, 1.82) is 0 Å². The van der Waals surface area contributed by atoms with Gasteiger partial charge in [0.1, 0.15) is 11.5 Å². The van der Waals surface area contributed by atoms with Crippen LogP contribution < -0.4 is 11.1 Å². The van der Waals surface area contributed by atoms with Gasteiger partial charge in [0.2, 0.25) is 0 Å². The minimum absolute atomic E-state index is 0.206. The van der Waals surface area contributed by atoms with E-state index in [1.165, 1.54) is 0 Å². The Balaban J connectivity index is 2.20. The fraction of sp³-hybridized carbons (Fsp3) is 0.167. The zero-order valence-electron chi connectivity index (χ0n) is 9.55. The summed E-state index contributed by atoms with van der Waals surface area (Å²) in [4.78, 5) is 16.0. The molecule has 5 heteroatoms. The Morgan fingerprint density at radius 1 is 1.53 bits per heavy atom. The first kappa shape index (κ1) is 11.2. The Hall–Kier alpha value is -2.30. The van der Waals surface area contributed by atoms with Gasteiger partial charge in [-0.25, -0.2) is 4.98 Å². The highest BCUT2D eigenvalue weighted by Gasteiger charge is 2.12. The van der Waals surface area contributed by atoms with Crippen molar-refractivity contribution in [3.8, 4) is 0 Å². The summed E-state index contributed by atoms with van der Waals surface area (Å²) in [5.41, 5.74) is 6.79. The summed E-state index contributed by atoms with van der Waals surface area (Å²) < 4.78 is 1.80. The standard InChI is InChI=1S/C12H14N4O/c1-2-16-8-9(13)7-10(16)12(17)15-11-5-3-4-6-14-11/h3-8H,2,13H2,1H3,(H,14,15,17). The first-order valence-corrected chi connectivity index (χ1v) is 5.38. The molecule has 0 saturated carbocycles. The van der Waals surface area contributed by atoms with Crippen LogP contribution in [0.4, 0.5) is 11.5 Å². The smallest absolute Gasteiger partial charge is 0.273 e. The third kappa shape index (κ3) is 2.44. The van der Waals surface area contributed by atoms with E-state index in [0.717, 1.165) is 0 Å². The van der Waals surface area contributed by atoms with E-state index in [4.69, 9.17) is 5.73 Å². The number of rotatable bonds is 3. The minimum atomic E-state index is -0.206. The molecular formula is C12H14N4O. The van der Waals surface area contributed by atoms with Crippen molar-refractivity contribution in [3.63, 3.8) is 0 Å². The fourth-order valence-corrected chi connectivity index (χ4v) is 1.60. The first-order chi connectivity index (χ1) is 8.20. The second-order valence-electron chi connectivity index (χ2n) is 3.61. The monoisotopic (exact) mass is 230 g/mol. The molecule has 88 valence electrons. The lowest BCUT2D eigenvalue weighted by Gasteiger charge is -2.06. The van der Waals surface area contributed by atoms with E-state index in [9.17, 15) is 4.79 Å². The van der Waals surface area contributed by atoms with E-state index in [1.807, 2.05) is 13.0 Å². The largest absolute Gasteiger partial charge is 0.397 e. The van der Waals surface area contributed by atoms with Gasteiger partial charge in [-0.1, -0.05) is 6.07 Å². The third-order valence-corrected chi connectivity index (χ3v) is 2.40. The quantitative estimate of drug-likeness (QED) is 0.843. The highest BCUT2D eigenvalue weighted by Crippen LogP contribution is 2.12. The highest BCUT2D eigenvalue weighted by molar-refractivity contribution is 6.03. The number of nitrogens with one attached hydrogen (secondary N) is 1. The average Bonchev–Trinajstić information content (AvgIpc) is 2.72. The summed E-state index contributed by atoms with van der Waals surface area (Å²) in [7, 11) is 0. The molecule has 0 atom stereocenters. The maximum atomic E-state index is 12.0. The van der Waals surface area contributed by atoms with Crippen molar-refractivity contribution in [2.75, 3.05) is 11.1 Å². The van der Waals surface area contributed by atoms with Crippen LogP contribution in [-0.2, 0) is 6.54 Å². The number of pyridine rings is 1. The number of hydrogen-bond acceptors (Lipinski definition) is 3. The molecular weight excluding hydrogens is 216 g/mol. The van der Waals surface area contributed by atoms with Crippen molar-refractivity contribution < 1.29 is 4.79 Å². The van der Waals surface area contributed by atoms with Crippen LogP contribution in [0.25, 0.3) is 0 Å². The van der Waals surface area contributed by atoms with Crippen molar-refractivity contribution in [1.82, 2.24) is 9.55 Å². The van der Waals surface area contributed by atoms with Crippen LogP contribution in [-0.4, -0.2) is 15.5 Å². The molecule has 0 unspecified atom stereocenters. The number of hydrogen-bond donors (Lipinski definition) is 2. The third-order valence-electron chi connectivity index (χ3n) is 2.40. The number of aryl methyl sites for hydroxylation is 1. The van der Waals surface area contributed by atoms with Gasteiger partial charge in [0.05, 0.1) is 5.69 Å². The van der Waals surface area contributed by atoms with Crippen molar-refractivity contribution >= 4 is 17.4 Å². The fourth-order valence-electron chi connectivity index (χ4n) is 1.60. The van der Waals surface area contributed by atoms with Gasteiger partial charge in [0.25, 0.3) is 5.91 Å². The van der Waals surface area contributed by atoms with Gasteiger partial charge < -0.3 is 15.6 Å². The normalized spacial score (nSPS) is 10.2. The Labute approximate surface area is 99.3 Å². The molecule has 0 fully saturated rings. The highest BCUT2D eigenvalue weighted by atomic mass is 16.2. The van der Waals surface area contributed by atoms with Gasteiger partial charge in [0.15, 0.2) is 0 Å². The lowest BCUT2D eigenvalue weighted by atomic mass is 10.3. The van der Waals surface area contributed by atoms with Crippen LogP contribution in [0.15, 0.2) is 36.7 Å². The number of carbonyl (C=O) groups excluding carboxylic acids is 1. The minimum Gasteiger partial charge on any atom is -0.397 e. The molecule has 1 amide bonds. The topological polar surface area (TPSA) is 72.9 Å². The van der Waals surface area contributed by atoms with Crippen molar-refractivity contribution in [3.05, 3.63) is 42.4 Å². The summed E-state index contributed by atoms with van der Waals surface area (Å²) in [6.07, 6.45) is 3.37. The Morgan fingerprint density at radius 3 is 3.00 bits per heavy atom. The van der Waals surface area contributed by atoms with Crippen molar-refractivity contribution in [2.45, 2.75) is 13.5 Å². The lowest BCUT2D eigenvalue weighted by Crippen LogP contribution is -2.16. The number of nitrogens with two attached hydrogens (primary N) is 1. The van der Waals surface area contributed by atoms with Crippen LogP contribution in [0, 0.1) is 0 Å². The number of carbonyl (C=O) groups is 1. The Morgan fingerprint density at radius 2 is 2.35 bits per heavy atom. The van der Waals surface area contributed by atoms with Crippen LogP contribution in [0.2, 0.25) is 0 Å². The zero-order valence-corrected chi connectivity index (χ0v) is 9.55. The molecule has 3 N–H and O–H groups in total. The van der Waals surface area contributed by atoms with E-state index in [-0.39, 0.29) is 5.91 Å². The van der Waals surface area contributed by atoms with Gasteiger partial charge in [-0.15, -0.1) is 0 Å². The lowest BCUT2D eigenvalue weighted by molar-refractivity contribution is 0.101. The van der Waals surface area contributed by atoms with E-state index in [2.05, 4.69) is 10.3 Å². The van der Waals surface area contributed by atoms with E-state index < -0.39 is 0 Å². The predicted octanol–water partition coefficient (Wildman–Crippen LogP) is 1.74. The van der Waals surface area contributed by atoms with Gasteiger partial charge in [-0.2, -0.15) is 0 Å². The zero-order chi connectivity index (χ0) is 12.3. The molecule has 17 heavy (non-hydrogen) atoms. The molecule has 2 aromatic heterocycles. The Kier molecular flexibility index (Phi) is 3.09. The second kappa shape index (κ2) is 4.69. The summed E-state index contributed by atoms with van der Waals surface area (Å²) in [6.45, 7) is 2.65. The van der Waals surface area contributed by atoms with Crippen LogP contribution in [0.5, 0.6) is 0 Å². The van der Waals surface area contributed by atoms with Gasteiger partial charge >= 0.3 is 0 Å². The SMILES string of the molecule is CCn1cc(N)cc1C(=O)Nc1ccccn1. The van der Waals surface area contributed by atoms with Gasteiger partial charge in [-0.3, -0.25) is 4.79 Å². The number of anilines is 2. The molecule has 0 aliphatic heterocycles. The molecule has 2 aromatic rings. The molecule has 0 aliphatic carbocycles. The average molecular weight is 230 g/mol. The van der Waals surface area contributed by atoms with Crippen LogP contribution in [0.1, 0.15) is 17.4 Å². The van der Waals surface area contributed by atoms with Crippen LogP contribution >= 0.6 is 0 Å². The maximum Gasteiger partial charge on any atom is 0.273 e. The molecule has 2 heterocycles. The Bertz CT molecular complexity index is 519. The summed E-state index contributed by atoms with van der Waals surface area (Å²) in [6, 6.07) is 7.00. The molecule has 0 spiro atoms. The van der Waals surface area contributed by atoms with E-state index in [0.29, 0.717) is 23.7 Å². The maximum absolute atomic E-state index is 12.0. The molecule has 2 rings (SSSR count). The molecule has 5 nitrogen and oxygen atoms in total.